The average Bonchev–Trinajstić information content (AvgIpc) is 2.85. The molecule has 4 nitrogen and oxygen atoms in total. The lowest BCUT2D eigenvalue weighted by Gasteiger charge is -2.30. The maximum atomic E-state index is 12.6. The third kappa shape index (κ3) is 1.57. The number of carbonyl (C=O) groups is 1. The third-order valence-electron chi connectivity index (χ3n) is 3.77. The van der Waals surface area contributed by atoms with Crippen LogP contribution in [0.5, 0.6) is 0 Å². The Morgan fingerprint density at radius 3 is 2.81 bits per heavy atom. The lowest BCUT2D eigenvalue weighted by atomic mass is 9.72. The molecule has 0 radical (unpaired) electrons. The van der Waals surface area contributed by atoms with Crippen molar-refractivity contribution >= 4 is 5.78 Å². The van der Waals surface area contributed by atoms with E-state index in [2.05, 4.69) is 24.1 Å². The Labute approximate surface area is 96.1 Å². The first-order chi connectivity index (χ1) is 7.58. The number of aryl methyl sites for hydroxylation is 1. The highest BCUT2D eigenvalue weighted by Gasteiger charge is 2.45. The monoisotopic (exact) mass is 221 g/mol. The number of Topliss-reactive ketones (excluding diaryl/α,β-unsaturated/α-hetero) is 1. The Kier molecular flexibility index (Phi) is 2.84. The second-order valence-electron chi connectivity index (χ2n) is 4.93. The first-order valence-corrected chi connectivity index (χ1v) is 5.81. The van der Waals surface area contributed by atoms with Crippen LogP contribution in [0, 0.1) is 11.3 Å². The van der Waals surface area contributed by atoms with Crippen LogP contribution in [0.2, 0.25) is 0 Å². The average molecular weight is 221 g/mol. The van der Waals surface area contributed by atoms with Gasteiger partial charge in [-0.25, -0.2) is 4.98 Å². The van der Waals surface area contributed by atoms with Crippen molar-refractivity contribution in [3.8, 4) is 0 Å². The first-order valence-electron chi connectivity index (χ1n) is 5.81. The molecular formula is C12H19N3O. The number of imidazole rings is 1. The van der Waals surface area contributed by atoms with Gasteiger partial charge in [0.05, 0.1) is 5.41 Å². The van der Waals surface area contributed by atoms with Crippen molar-refractivity contribution in [3.05, 3.63) is 18.2 Å². The van der Waals surface area contributed by atoms with E-state index in [0.29, 0.717) is 11.7 Å². The molecule has 88 valence electrons. The van der Waals surface area contributed by atoms with Gasteiger partial charge in [0.25, 0.3) is 0 Å². The molecule has 1 saturated heterocycles. The Morgan fingerprint density at radius 1 is 1.62 bits per heavy atom. The molecule has 1 N–H and O–H groups in total. The van der Waals surface area contributed by atoms with Gasteiger partial charge < -0.3 is 9.88 Å². The fraction of sp³-hybridized carbons (Fsp3) is 0.667. The van der Waals surface area contributed by atoms with Crippen LogP contribution in [-0.4, -0.2) is 28.4 Å². The van der Waals surface area contributed by atoms with Crippen molar-refractivity contribution in [1.29, 1.82) is 0 Å². The SMILES string of the molecule is CC(C)C1(C(=O)c2nccn2C)CCNC1. The molecule has 4 heteroatoms. The summed E-state index contributed by atoms with van der Waals surface area (Å²) in [5, 5.41) is 3.30. The molecule has 1 unspecified atom stereocenters. The molecule has 0 amide bonds. The van der Waals surface area contributed by atoms with Crippen molar-refractivity contribution < 1.29 is 4.79 Å². The van der Waals surface area contributed by atoms with E-state index in [1.807, 2.05) is 17.8 Å². The Bertz CT molecular complexity index is 389. The van der Waals surface area contributed by atoms with Gasteiger partial charge in [-0.05, 0) is 18.9 Å². The second kappa shape index (κ2) is 4.01. The predicted octanol–water partition coefficient (Wildman–Crippen LogP) is 1.24. The Morgan fingerprint density at radius 2 is 2.38 bits per heavy atom. The largest absolute Gasteiger partial charge is 0.332 e. The van der Waals surface area contributed by atoms with Crippen LogP contribution in [0.4, 0.5) is 0 Å². The van der Waals surface area contributed by atoms with Gasteiger partial charge in [0, 0.05) is 26.0 Å². The molecular weight excluding hydrogens is 202 g/mol. The van der Waals surface area contributed by atoms with Gasteiger partial charge in [-0.1, -0.05) is 13.8 Å². The minimum Gasteiger partial charge on any atom is -0.332 e. The van der Waals surface area contributed by atoms with Crippen molar-refractivity contribution in [2.45, 2.75) is 20.3 Å². The Balaban J connectivity index is 2.35. The number of rotatable bonds is 3. The summed E-state index contributed by atoms with van der Waals surface area (Å²) < 4.78 is 1.81. The van der Waals surface area contributed by atoms with Crippen LogP contribution in [0.15, 0.2) is 12.4 Å². The molecule has 1 aliphatic rings. The number of nitrogens with zero attached hydrogens (tertiary/aromatic N) is 2. The van der Waals surface area contributed by atoms with E-state index in [1.165, 1.54) is 0 Å². The molecule has 1 fully saturated rings. The maximum Gasteiger partial charge on any atom is 0.205 e. The maximum absolute atomic E-state index is 12.6. The van der Waals surface area contributed by atoms with Gasteiger partial charge in [-0.2, -0.15) is 0 Å². The van der Waals surface area contributed by atoms with E-state index in [4.69, 9.17) is 0 Å². The van der Waals surface area contributed by atoms with Crippen LogP contribution in [-0.2, 0) is 7.05 Å². The lowest BCUT2D eigenvalue weighted by molar-refractivity contribution is 0.0724. The summed E-state index contributed by atoms with van der Waals surface area (Å²) in [5.41, 5.74) is -0.265. The number of hydrogen-bond acceptors (Lipinski definition) is 3. The topological polar surface area (TPSA) is 46.9 Å². The van der Waals surface area contributed by atoms with E-state index in [9.17, 15) is 4.79 Å². The van der Waals surface area contributed by atoms with Gasteiger partial charge in [0.15, 0.2) is 5.82 Å². The number of hydrogen-bond donors (Lipinski definition) is 1. The zero-order chi connectivity index (χ0) is 11.8. The summed E-state index contributed by atoms with van der Waals surface area (Å²) in [7, 11) is 1.87. The van der Waals surface area contributed by atoms with Crippen LogP contribution < -0.4 is 5.32 Å². The van der Waals surface area contributed by atoms with E-state index in [-0.39, 0.29) is 11.2 Å². The normalized spacial score (nSPS) is 25.2. The summed E-state index contributed by atoms with van der Waals surface area (Å²) in [4.78, 5) is 16.7. The molecule has 0 aliphatic carbocycles. The molecule has 2 heterocycles. The number of aromatic nitrogens is 2. The molecule has 1 atom stereocenters. The molecule has 2 rings (SSSR count). The highest BCUT2D eigenvalue weighted by atomic mass is 16.1. The predicted molar refractivity (Wildman–Crippen MR) is 62.3 cm³/mol. The van der Waals surface area contributed by atoms with Gasteiger partial charge >= 0.3 is 0 Å². The molecule has 1 aromatic rings. The number of nitrogens with one attached hydrogen (secondary N) is 1. The molecule has 1 aliphatic heterocycles. The summed E-state index contributed by atoms with van der Waals surface area (Å²) >= 11 is 0. The van der Waals surface area contributed by atoms with Crippen LogP contribution >= 0.6 is 0 Å². The van der Waals surface area contributed by atoms with Gasteiger partial charge in [0.1, 0.15) is 0 Å². The third-order valence-corrected chi connectivity index (χ3v) is 3.77. The van der Waals surface area contributed by atoms with Gasteiger partial charge in [-0.15, -0.1) is 0 Å². The second-order valence-corrected chi connectivity index (χ2v) is 4.93. The molecule has 0 spiro atoms. The molecule has 16 heavy (non-hydrogen) atoms. The summed E-state index contributed by atoms with van der Waals surface area (Å²) in [6.07, 6.45) is 4.42. The summed E-state index contributed by atoms with van der Waals surface area (Å²) in [5.74, 6) is 1.10. The Hall–Kier alpha value is -1.16. The molecule has 0 bridgehead atoms. The minimum absolute atomic E-state index is 0.181. The van der Waals surface area contributed by atoms with E-state index >= 15 is 0 Å². The number of ketones is 1. The van der Waals surface area contributed by atoms with Crippen LogP contribution in [0.1, 0.15) is 30.9 Å². The molecule has 0 saturated carbocycles. The van der Waals surface area contributed by atoms with E-state index in [0.717, 1.165) is 19.5 Å². The summed E-state index contributed by atoms with van der Waals surface area (Å²) in [6.45, 7) is 5.94. The van der Waals surface area contributed by atoms with Gasteiger partial charge in [0.2, 0.25) is 5.78 Å². The fourth-order valence-corrected chi connectivity index (χ4v) is 2.47. The van der Waals surface area contributed by atoms with Gasteiger partial charge in [-0.3, -0.25) is 4.79 Å². The van der Waals surface area contributed by atoms with Crippen LogP contribution in [0.25, 0.3) is 0 Å². The zero-order valence-corrected chi connectivity index (χ0v) is 10.2. The van der Waals surface area contributed by atoms with E-state index in [1.54, 1.807) is 6.20 Å². The van der Waals surface area contributed by atoms with Crippen molar-refractivity contribution in [3.63, 3.8) is 0 Å². The quantitative estimate of drug-likeness (QED) is 0.781. The smallest absolute Gasteiger partial charge is 0.205 e. The minimum atomic E-state index is -0.265. The fourth-order valence-electron chi connectivity index (χ4n) is 2.47. The molecule has 0 aromatic carbocycles. The molecule has 1 aromatic heterocycles. The van der Waals surface area contributed by atoms with E-state index < -0.39 is 0 Å². The zero-order valence-electron chi connectivity index (χ0n) is 10.2. The highest BCUT2D eigenvalue weighted by molar-refractivity contribution is 5.98. The van der Waals surface area contributed by atoms with Crippen molar-refractivity contribution in [2.75, 3.05) is 13.1 Å². The summed E-state index contributed by atoms with van der Waals surface area (Å²) in [6, 6.07) is 0. The first kappa shape index (κ1) is 11.3. The van der Waals surface area contributed by atoms with Crippen molar-refractivity contribution in [1.82, 2.24) is 14.9 Å². The highest BCUT2D eigenvalue weighted by Crippen LogP contribution is 2.37. The van der Waals surface area contributed by atoms with Crippen LogP contribution in [0.3, 0.4) is 0 Å². The number of carbonyl (C=O) groups excluding carboxylic acids is 1. The van der Waals surface area contributed by atoms with Crippen molar-refractivity contribution in [2.24, 2.45) is 18.4 Å². The lowest BCUT2D eigenvalue weighted by Crippen LogP contribution is -2.39. The standard InChI is InChI=1S/C12H19N3O/c1-9(2)12(4-5-13-8-12)10(16)11-14-6-7-15(11)3/h6-7,9,13H,4-5,8H2,1-3H3.